The molecular weight excluding hydrogens is 598 g/mol. The number of amides is 5. The number of carbonyl (C=O) groups excluding carboxylic acids is 5. The molecular formula is C31H47N7O8. The van der Waals surface area contributed by atoms with E-state index in [1.807, 2.05) is 30.3 Å². The molecule has 0 spiro atoms. The summed E-state index contributed by atoms with van der Waals surface area (Å²) in [5.74, 6) is -4.12. The molecule has 15 heteroatoms. The highest BCUT2D eigenvalue weighted by molar-refractivity contribution is 5.96. The molecule has 0 aliphatic carbocycles. The third kappa shape index (κ3) is 9.71. The van der Waals surface area contributed by atoms with E-state index in [0.29, 0.717) is 45.1 Å². The fraction of sp³-hybridized carbons (Fsp3) is 0.613. The van der Waals surface area contributed by atoms with Gasteiger partial charge in [-0.2, -0.15) is 0 Å². The number of rotatable bonds is 16. The molecule has 9 N–H and O–H groups in total. The van der Waals surface area contributed by atoms with Gasteiger partial charge in [-0.15, -0.1) is 0 Å². The van der Waals surface area contributed by atoms with E-state index in [0.717, 1.165) is 5.56 Å². The number of carboxylic acid groups (broad SMARTS) is 1. The summed E-state index contributed by atoms with van der Waals surface area (Å²) in [6, 6.07) is 2.79. The van der Waals surface area contributed by atoms with E-state index >= 15 is 0 Å². The monoisotopic (exact) mass is 645 g/mol. The number of nitrogens with one attached hydrogen (secondary N) is 3. The van der Waals surface area contributed by atoms with Gasteiger partial charge in [0, 0.05) is 13.1 Å². The third-order valence-electron chi connectivity index (χ3n) is 8.40. The molecule has 3 rings (SSSR count). The van der Waals surface area contributed by atoms with Gasteiger partial charge in [-0.25, -0.2) is 4.79 Å². The predicted molar refractivity (Wildman–Crippen MR) is 167 cm³/mol. The first kappa shape index (κ1) is 36.4. The molecule has 2 fully saturated rings. The number of unbranched alkanes of at least 4 members (excludes halogenated alkanes) is 1. The van der Waals surface area contributed by atoms with Crippen LogP contribution in [0.1, 0.15) is 57.4 Å². The number of benzene rings is 1. The SMILES string of the molecule is C[C@H](NC(=O)[C@H](CO)NC(=O)[C@@H](N)Cc1ccccc1)C(=O)N1CCC[C@H]1C(=O)N[C@@H](CCCCN)C(=O)N1CCC[C@H]1C(=O)O. The van der Waals surface area contributed by atoms with Crippen molar-refractivity contribution in [1.82, 2.24) is 25.8 Å². The van der Waals surface area contributed by atoms with Crippen LogP contribution in [0.4, 0.5) is 0 Å². The lowest BCUT2D eigenvalue weighted by Crippen LogP contribution is -2.59. The molecule has 6 atom stereocenters. The quantitative estimate of drug-likeness (QED) is 0.0998. The minimum Gasteiger partial charge on any atom is -0.480 e. The van der Waals surface area contributed by atoms with Gasteiger partial charge in [-0.05, 0) is 70.4 Å². The second-order valence-corrected chi connectivity index (χ2v) is 11.8. The Bertz CT molecular complexity index is 1230. The van der Waals surface area contributed by atoms with Gasteiger partial charge in [0.2, 0.25) is 29.5 Å². The Morgan fingerprint density at radius 2 is 1.50 bits per heavy atom. The van der Waals surface area contributed by atoms with E-state index in [-0.39, 0.29) is 25.9 Å². The van der Waals surface area contributed by atoms with Crippen LogP contribution in [0.15, 0.2) is 30.3 Å². The van der Waals surface area contributed by atoms with Crippen LogP contribution in [-0.4, -0.2) is 118 Å². The van der Waals surface area contributed by atoms with Crippen LogP contribution < -0.4 is 27.4 Å². The standard InChI is InChI=1S/C31H47N7O8/c1-19(34-27(41)23(18-39)36-26(40)21(33)17-20-9-3-2-4-10-20)29(43)37-15-7-12-24(37)28(42)35-22(11-5-6-14-32)30(44)38-16-8-13-25(38)31(45)46/h2-4,9-10,19,21-25,39H,5-8,11-18,32-33H2,1H3,(H,34,41)(H,35,42)(H,36,40)(H,45,46)/t19-,21-,22-,23-,24-,25-/m0/s1. The van der Waals surface area contributed by atoms with Crippen LogP contribution in [0.25, 0.3) is 0 Å². The highest BCUT2D eigenvalue weighted by Crippen LogP contribution is 2.22. The van der Waals surface area contributed by atoms with E-state index in [2.05, 4.69) is 16.0 Å². The van der Waals surface area contributed by atoms with Gasteiger partial charge in [0.25, 0.3) is 0 Å². The third-order valence-corrected chi connectivity index (χ3v) is 8.40. The number of aliphatic hydroxyl groups excluding tert-OH is 1. The maximum atomic E-state index is 13.5. The summed E-state index contributed by atoms with van der Waals surface area (Å²) in [7, 11) is 0. The Labute approximate surface area is 268 Å². The van der Waals surface area contributed by atoms with Crippen LogP contribution in [0.3, 0.4) is 0 Å². The smallest absolute Gasteiger partial charge is 0.326 e. The summed E-state index contributed by atoms with van der Waals surface area (Å²) in [6.45, 7) is 1.61. The van der Waals surface area contributed by atoms with Crippen molar-refractivity contribution in [3.05, 3.63) is 35.9 Å². The predicted octanol–water partition coefficient (Wildman–Crippen LogP) is -1.78. The van der Waals surface area contributed by atoms with Gasteiger partial charge in [0.15, 0.2) is 0 Å². The second-order valence-electron chi connectivity index (χ2n) is 11.8. The molecule has 0 unspecified atom stereocenters. The Morgan fingerprint density at radius 1 is 0.870 bits per heavy atom. The first-order chi connectivity index (χ1) is 22.0. The molecule has 0 aromatic heterocycles. The summed E-state index contributed by atoms with van der Waals surface area (Å²) in [5, 5.41) is 27.0. The molecule has 2 heterocycles. The van der Waals surface area contributed by atoms with Gasteiger partial charge in [-0.3, -0.25) is 24.0 Å². The number of carbonyl (C=O) groups is 6. The van der Waals surface area contributed by atoms with Crippen LogP contribution in [0, 0.1) is 0 Å². The van der Waals surface area contributed by atoms with Crippen molar-refractivity contribution in [2.75, 3.05) is 26.2 Å². The van der Waals surface area contributed by atoms with Crippen molar-refractivity contribution in [3.63, 3.8) is 0 Å². The lowest BCUT2D eigenvalue weighted by Gasteiger charge is -2.31. The van der Waals surface area contributed by atoms with Crippen molar-refractivity contribution in [3.8, 4) is 0 Å². The second kappa shape index (κ2) is 17.6. The Hall–Kier alpha value is -4.08. The fourth-order valence-corrected chi connectivity index (χ4v) is 5.87. The zero-order chi connectivity index (χ0) is 33.8. The van der Waals surface area contributed by atoms with E-state index in [9.17, 15) is 39.0 Å². The van der Waals surface area contributed by atoms with Crippen LogP contribution in [-0.2, 0) is 35.2 Å². The van der Waals surface area contributed by atoms with Crippen molar-refractivity contribution in [2.45, 2.75) is 94.5 Å². The van der Waals surface area contributed by atoms with Crippen LogP contribution in [0.5, 0.6) is 0 Å². The number of aliphatic hydroxyl groups is 1. The van der Waals surface area contributed by atoms with Crippen LogP contribution >= 0.6 is 0 Å². The van der Waals surface area contributed by atoms with Gasteiger partial charge < -0.3 is 47.4 Å². The molecule has 46 heavy (non-hydrogen) atoms. The zero-order valence-electron chi connectivity index (χ0n) is 26.2. The molecule has 0 saturated carbocycles. The number of likely N-dealkylation sites (tertiary alicyclic amines) is 2. The zero-order valence-corrected chi connectivity index (χ0v) is 26.2. The van der Waals surface area contributed by atoms with Crippen molar-refractivity contribution in [1.29, 1.82) is 0 Å². The Balaban J connectivity index is 1.60. The molecule has 254 valence electrons. The van der Waals surface area contributed by atoms with Crippen molar-refractivity contribution >= 4 is 35.5 Å². The molecule has 0 bridgehead atoms. The van der Waals surface area contributed by atoms with E-state index < -0.39 is 78.4 Å². The first-order valence-corrected chi connectivity index (χ1v) is 15.8. The van der Waals surface area contributed by atoms with Gasteiger partial charge in [0.05, 0.1) is 12.6 Å². The topological polar surface area (TPSA) is 237 Å². The van der Waals surface area contributed by atoms with Gasteiger partial charge in [0.1, 0.15) is 30.2 Å². The molecule has 15 nitrogen and oxygen atoms in total. The minimum atomic E-state index is -1.36. The van der Waals surface area contributed by atoms with E-state index in [1.54, 1.807) is 0 Å². The molecule has 2 aliphatic rings. The number of nitrogens with zero attached hydrogens (tertiary/aromatic N) is 2. The maximum Gasteiger partial charge on any atom is 0.326 e. The summed E-state index contributed by atoms with van der Waals surface area (Å²) < 4.78 is 0. The number of nitrogens with two attached hydrogens (primary N) is 2. The number of hydrogen-bond acceptors (Lipinski definition) is 9. The molecule has 0 radical (unpaired) electrons. The highest BCUT2D eigenvalue weighted by atomic mass is 16.4. The van der Waals surface area contributed by atoms with Crippen LogP contribution in [0.2, 0.25) is 0 Å². The summed E-state index contributed by atoms with van der Waals surface area (Å²) >= 11 is 0. The lowest BCUT2D eigenvalue weighted by molar-refractivity contribution is -0.150. The normalized spacial score (nSPS) is 20.3. The number of aliphatic carboxylic acids is 1. The molecule has 2 saturated heterocycles. The molecule has 2 aliphatic heterocycles. The van der Waals surface area contributed by atoms with E-state index in [1.165, 1.54) is 16.7 Å². The Morgan fingerprint density at radius 3 is 2.11 bits per heavy atom. The van der Waals surface area contributed by atoms with Gasteiger partial charge >= 0.3 is 5.97 Å². The largest absolute Gasteiger partial charge is 0.480 e. The molecule has 1 aromatic carbocycles. The van der Waals surface area contributed by atoms with Crippen molar-refractivity contribution < 1.29 is 39.0 Å². The fourth-order valence-electron chi connectivity index (χ4n) is 5.87. The van der Waals surface area contributed by atoms with Crippen molar-refractivity contribution in [2.24, 2.45) is 11.5 Å². The average Bonchev–Trinajstić information content (AvgIpc) is 3.73. The minimum absolute atomic E-state index is 0.220. The average molecular weight is 646 g/mol. The highest BCUT2D eigenvalue weighted by Gasteiger charge is 2.41. The molecule has 5 amide bonds. The molecule has 1 aromatic rings. The lowest BCUT2D eigenvalue weighted by atomic mass is 10.1. The summed E-state index contributed by atoms with van der Waals surface area (Å²) in [6.07, 6.45) is 3.35. The first-order valence-electron chi connectivity index (χ1n) is 15.8. The van der Waals surface area contributed by atoms with Gasteiger partial charge in [-0.1, -0.05) is 30.3 Å². The summed E-state index contributed by atoms with van der Waals surface area (Å²) in [4.78, 5) is 80.1. The number of hydrogen-bond donors (Lipinski definition) is 7. The maximum absolute atomic E-state index is 13.5. The summed E-state index contributed by atoms with van der Waals surface area (Å²) in [5.41, 5.74) is 12.4. The Kier molecular flexibility index (Phi) is 13.9. The number of carboxylic acids is 1. The van der Waals surface area contributed by atoms with E-state index in [4.69, 9.17) is 11.5 Å².